The summed E-state index contributed by atoms with van der Waals surface area (Å²) < 4.78 is 28.3. The number of carbonyl (C=O) groups is 1. The quantitative estimate of drug-likeness (QED) is 0.450. The van der Waals surface area contributed by atoms with Crippen molar-refractivity contribution in [3.05, 3.63) is 24.2 Å². The predicted octanol–water partition coefficient (Wildman–Crippen LogP) is 0.0938. The summed E-state index contributed by atoms with van der Waals surface area (Å²) in [4.78, 5) is 17.9. The highest BCUT2D eigenvalue weighted by Crippen LogP contribution is 2.23. The van der Waals surface area contributed by atoms with Crippen LogP contribution in [0.15, 0.2) is 27.8 Å². The van der Waals surface area contributed by atoms with Gasteiger partial charge in [0.05, 0.1) is 16.8 Å². The maximum Gasteiger partial charge on any atom is 0.287 e. The van der Waals surface area contributed by atoms with E-state index >= 15 is 0 Å². The van der Waals surface area contributed by atoms with Gasteiger partial charge in [-0.1, -0.05) is 0 Å². The third kappa shape index (κ3) is 4.08. The van der Waals surface area contributed by atoms with Gasteiger partial charge in [-0.15, -0.1) is 0 Å². The second-order valence-electron chi connectivity index (χ2n) is 6.21. The number of hydrogen-bond donors (Lipinski definition) is 2. The standard InChI is InChI=1S/C15H24N4O4S/c1-15(2)11-19(8-10-24(15,21)22)14(16-3)18-7-6-17-13(20)12-5-4-9-23-12/h4-5,9H,6-8,10-11H2,1-3H3,(H,16,18)(H,17,20). The Hall–Kier alpha value is -2.03. The molecule has 0 aliphatic carbocycles. The first-order valence-electron chi connectivity index (χ1n) is 7.76. The van der Waals surface area contributed by atoms with Crippen LogP contribution in [0.5, 0.6) is 0 Å². The van der Waals surface area contributed by atoms with E-state index in [-0.39, 0.29) is 17.4 Å². The molecule has 134 valence electrons. The van der Waals surface area contributed by atoms with E-state index in [9.17, 15) is 13.2 Å². The molecule has 2 N–H and O–H groups in total. The molecule has 0 saturated carbocycles. The Morgan fingerprint density at radius 1 is 1.38 bits per heavy atom. The van der Waals surface area contributed by atoms with Gasteiger partial charge in [0.1, 0.15) is 0 Å². The summed E-state index contributed by atoms with van der Waals surface area (Å²) >= 11 is 0. The molecule has 0 spiro atoms. The van der Waals surface area contributed by atoms with Gasteiger partial charge in [-0.3, -0.25) is 9.79 Å². The topological polar surface area (TPSA) is 104 Å². The molecule has 1 amide bonds. The molecule has 0 aromatic carbocycles. The molecule has 0 bridgehead atoms. The first-order valence-corrected chi connectivity index (χ1v) is 9.42. The fraction of sp³-hybridized carbons (Fsp3) is 0.600. The third-order valence-corrected chi connectivity index (χ3v) is 6.53. The maximum atomic E-state index is 12.1. The van der Waals surface area contributed by atoms with E-state index in [1.807, 2.05) is 4.90 Å². The number of carbonyl (C=O) groups excluding carboxylic acids is 1. The van der Waals surface area contributed by atoms with E-state index in [0.29, 0.717) is 32.1 Å². The van der Waals surface area contributed by atoms with E-state index in [2.05, 4.69) is 15.6 Å². The number of hydrogen-bond acceptors (Lipinski definition) is 5. The number of nitrogens with zero attached hydrogens (tertiary/aromatic N) is 2. The largest absolute Gasteiger partial charge is 0.459 e. The van der Waals surface area contributed by atoms with Gasteiger partial charge in [0.15, 0.2) is 21.6 Å². The molecule has 1 saturated heterocycles. The second-order valence-corrected chi connectivity index (χ2v) is 8.95. The van der Waals surface area contributed by atoms with Crippen molar-refractivity contribution in [2.45, 2.75) is 18.6 Å². The van der Waals surface area contributed by atoms with Crippen molar-refractivity contribution in [2.24, 2.45) is 4.99 Å². The van der Waals surface area contributed by atoms with Crippen molar-refractivity contribution in [1.82, 2.24) is 15.5 Å². The van der Waals surface area contributed by atoms with E-state index < -0.39 is 14.6 Å². The minimum absolute atomic E-state index is 0.107. The van der Waals surface area contributed by atoms with Crippen LogP contribution in [0, 0.1) is 0 Å². The average molecular weight is 356 g/mol. The van der Waals surface area contributed by atoms with Crippen LogP contribution in [0.2, 0.25) is 0 Å². The van der Waals surface area contributed by atoms with Crippen LogP contribution >= 0.6 is 0 Å². The smallest absolute Gasteiger partial charge is 0.287 e. The fourth-order valence-corrected chi connectivity index (χ4v) is 3.87. The Bertz CT molecular complexity index is 695. The molecule has 9 heteroatoms. The molecule has 1 aromatic rings. The Kier molecular flexibility index (Phi) is 5.53. The van der Waals surface area contributed by atoms with Crippen LogP contribution in [0.3, 0.4) is 0 Å². The zero-order valence-electron chi connectivity index (χ0n) is 14.2. The van der Waals surface area contributed by atoms with E-state index in [4.69, 9.17) is 4.42 Å². The maximum absolute atomic E-state index is 12.1. The summed E-state index contributed by atoms with van der Waals surface area (Å²) in [7, 11) is -1.44. The minimum atomic E-state index is -3.09. The average Bonchev–Trinajstić information content (AvgIpc) is 3.05. The van der Waals surface area contributed by atoms with Crippen molar-refractivity contribution in [3.8, 4) is 0 Å². The first-order chi connectivity index (χ1) is 11.3. The number of guanidine groups is 1. The van der Waals surface area contributed by atoms with Crippen molar-refractivity contribution in [2.75, 3.05) is 39.0 Å². The van der Waals surface area contributed by atoms with Gasteiger partial charge < -0.3 is 20.0 Å². The van der Waals surface area contributed by atoms with Gasteiger partial charge in [-0.05, 0) is 26.0 Å². The molecule has 24 heavy (non-hydrogen) atoms. The Morgan fingerprint density at radius 3 is 2.67 bits per heavy atom. The molecule has 1 aromatic heterocycles. The zero-order chi connectivity index (χ0) is 17.8. The molecular weight excluding hydrogens is 332 g/mol. The monoisotopic (exact) mass is 356 g/mol. The molecule has 1 aliphatic heterocycles. The van der Waals surface area contributed by atoms with Crippen molar-refractivity contribution < 1.29 is 17.6 Å². The number of aliphatic imine (C=N–C) groups is 1. The number of furan rings is 1. The minimum Gasteiger partial charge on any atom is -0.459 e. The van der Waals surface area contributed by atoms with Crippen LogP contribution in [-0.4, -0.2) is 68.9 Å². The van der Waals surface area contributed by atoms with Gasteiger partial charge >= 0.3 is 0 Å². The van der Waals surface area contributed by atoms with Crippen molar-refractivity contribution in [1.29, 1.82) is 0 Å². The fourth-order valence-electron chi connectivity index (χ4n) is 2.50. The van der Waals surface area contributed by atoms with Crippen molar-refractivity contribution >= 4 is 21.7 Å². The number of amides is 1. The summed E-state index contributed by atoms with van der Waals surface area (Å²) in [6.07, 6.45) is 1.45. The first kappa shape index (κ1) is 18.3. The lowest BCUT2D eigenvalue weighted by Gasteiger charge is -2.39. The number of sulfone groups is 1. The highest BCUT2D eigenvalue weighted by molar-refractivity contribution is 7.92. The molecule has 8 nitrogen and oxygen atoms in total. The third-order valence-electron chi connectivity index (χ3n) is 3.99. The van der Waals surface area contributed by atoms with Crippen LogP contribution in [0.4, 0.5) is 0 Å². The highest BCUT2D eigenvalue weighted by atomic mass is 32.2. The lowest BCUT2D eigenvalue weighted by molar-refractivity contribution is 0.0926. The summed E-state index contributed by atoms with van der Waals surface area (Å²) in [5.74, 6) is 0.727. The molecule has 0 radical (unpaired) electrons. The molecule has 1 fully saturated rings. The summed E-state index contributed by atoms with van der Waals surface area (Å²) in [6, 6.07) is 3.25. The lowest BCUT2D eigenvalue weighted by Crippen LogP contribution is -2.57. The molecular formula is C15H24N4O4S. The Balaban J connectivity index is 1.82. The second kappa shape index (κ2) is 7.25. The molecule has 1 aliphatic rings. The zero-order valence-corrected chi connectivity index (χ0v) is 15.0. The van der Waals surface area contributed by atoms with Gasteiger partial charge in [0.25, 0.3) is 5.91 Å². The molecule has 0 atom stereocenters. The van der Waals surface area contributed by atoms with E-state index in [1.165, 1.54) is 6.26 Å². The van der Waals surface area contributed by atoms with Gasteiger partial charge in [-0.2, -0.15) is 0 Å². The van der Waals surface area contributed by atoms with E-state index in [0.717, 1.165) is 0 Å². The Labute approximate surface area is 142 Å². The number of nitrogens with one attached hydrogen (secondary N) is 2. The van der Waals surface area contributed by atoms with Crippen LogP contribution in [0.1, 0.15) is 24.4 Å². The summed E-state index contributed by atoms with van der Waals surface area (Å²) in [6.45, 7) is 5.12. The number of rotatable bonds is 4. The normalized spacial score (nSPS) is 19.8. The van der Waals surface area contributed by atoms with Crippen LogP contribution < -0.4 is 10.6 Å². The SMILES string of the molecule is CN=C(NCCNC(=O)c1ccco1)N1CCS(=O)(=O)C(C)(C)C1. The molecule has 2 heterocycles. The van der Waals surface area contributed by atoms with Gasteiger partial charge in [0, 0.05) is 33.2 Å². The van der Waals surface area contributed by atoms with Crippen LogP contribution in [-0.2, 0) is 9.84 Å². The highest BCUT2D eigenvalue weighted by Gasteiger charge is 2.40. The van der Waals surface area contributed by atoms with Crippen molar-refractivity contribution in [3.63, 3.8) is 0 Å². The van der Waals surface area contributed by atoms with Gasteiger partial charge in [-0.25, -0.2) is 8.42 Å². The Morgan fingerprint density at radius 2 is 2.08 bits per heavy atom. The molecule has 0 unspecified atom stereocenters. The lowest BCUT2D eigenvalue weighted by atomic mass is 10.2. The summed E-state index contributed by atoms with van der Waals surface area (Å²) in [5.41, 5.74) is 0. The molecule has 2 rings (SSSR count). The van der Waals surface area contributed by atoms with Gasteiger partial charge in [0.2, 0.25) is 0 Å². The van der Waals surface area contributed by atoms with E-state index in [1.54, 1.807) is 33.0 Å². The van der Waals surface area contributed by atoms with Crippen LogP contribution in [0.25, 0.3) is 0 Å². The predicted molar refractivity (Wildman–Crippen MR) is 91.8 cm³/mol. The summed E-state index contributed by atoms with van der Waals surface area (Å²) in [5, 5.41) is 5.87.